The molecule has 0 radical (unpaired) electrons. The normalized spacial score (nSPS) is 11.9. The van der Waals surface area contributed by atoms with Gasteiger partial charge in [0.25, 0.3) is 0 Å². The maximum absolute atomic E-state index is 11.8. The van der Waals surface area contributed by atoms with E-state index in [0.717, 1.165) is 11.4 Å². The molecule has 1 atom stereocenters. The number of carbonyl (C=O) groups excluding carboxylic acids is 1. The van der Waals surface area contributed by atoms with Crippen molar-refractivity contribution in [3.63, 3.8) is 0 Å². The standard InChI is InChI=1S/C12H19N3O3S/c1-4-9-7-13-11(19-9)8(2)14-12(18)15(3)6-5-10(16)17/h7-8H,4-6H2,1-3H3,(H,14,18)(H,16,17). The highest BCUT2D eigenvalue weighted by Crippen LogP contribution is 2.20. The Morgan fingerprint density at radius 2 is 2.26 bits per heavy atom. The van der Waals surface area contributed by atoms with Gasteiger partial charge in [0.1, 0.15) is 5.01 Å². The minimum Gasteiger partial charge on any atom is -0.481 e. The number of aryl methyl sites for hydroxylation is 1. The predicted octanol–water partition coefficient (Wildman–Crippen LogP) is 1.88. The van der Waals surface area contributed by atoms with Crippen LogP contribution in [0, 0.1) is 0 Å². The van der Waals surface area contributed by atoms with Gasteiger partial charge in [0.05, 0.1) is 12.5 Å². The molecule has 0 aliphatic carbocycles. The average molecular weight is 285 g/mol. The second-order valence-corrected chi connectivity index (χ2v) is 5.40. The highest BCUT2D eigenvalue weighted by atomic mass is 32.1. The van der Waals surface area contributed by atoms with Gasteiger partial charge in [-0.3, -0.25) is 4.79 Å². The van der Waals surface area contributed by atoms with Crippen LogP contribution in [0.25, 0.3) is 0 Å². The summed E-state index contributed by atoms with van der Waals surface area (Å²) in [5.74, 6) is -0.916. The lowest BCUT2D eigenvalue weighted by Crippen LogP contribution is -2.39. The smallest absolute Gasteiger partial charge is 0.317 e. The molecular formula is C12H19N3O3S. The largest absolute Gasteiger partial charge is 0.481 e. The Balaban J connectivity index is 2.48. The molecule has 1 aromatic heterocycles. The fourth-order valence-corrected chi connectivity index (χ4v) is 2.27. The summed E-state index contributed by atoms with van der Waals surface area (Å²) >= 11 is 1.57. The molecule has 0 fully saturated rings. The lowest BCUT2D eigenvalue weighted by molar-refractivity contribution is -0.137. The number of hydrogen-bond acceptors (Lipinski definition) is 4. The quantitative estimate of drug-likeness (QED) is 0.836. The zero-order valence-corrected chi connectivity index (χ0v) is 12.2. The van der Waals surface area contributed by atoms with E-state index < -0.39 is 5.97 Å². The summed E-state index contributed by atoms with van der Waals surface area (Å²) in [5.41, 5.74) is 0. The Hall–Kier alpha value is -1.63. The first-order valence-corrected chi connectivity index (χ1v) is 6.93. The van der Waals surface area contributed by atoms with Gasteiger partial charge in [0, 0.05) is 24.7 Å². The molecule has 19 heavy (non-hydrogen) atoms. The van der Waals surface area contributed by atoms with Crippen molar-refractivity contribution in [3.05, 3.63) is 16.1 Å². The van der Waals surface area contributed by atoms with Crippen molar-refractivity contribution >= 4 is 23.3 Å². The maximum Gasteiger partial charge on any atom is 0.317 e. The molecule has 2 N–H and O–H groups in total. The topological polar surface area (TPSA) is 82.5 Å². The molecular weight excluding hydrogens is 266 g/mol. The molecule has 1 unspecified atom stereocenters. The van der Waals surface area contributed by atoms with Gasteiger partial charge in [0.15, 0.2) is 0 Å². The summed E-state index contributed by atoms with van der Waals surface area (Å²) in [6, 6.07) is -0.466. The van der Waals surface area contributed by atoms with Crippen LogP contribution in [-0.2, 0) is 11.2 Å². The van der Waals surface area contributed by atoms with Crippen molar-refractivity contribution < 1.29 is 14.7 Å². The Kier molecular flexibility index (Phi) is 5.75. The highest BCUT2D eigenvalue weighted by molar-refractivity contribution is 7.11. The number of hydrogen-bond donors (Lipinski definition) is 2. The van der Waals surface area contributed by atoms with Crippen molar-refractivity contribution in [1.29, 1.82) is 0 Å². The lowest BCUT2D eigenvalue weighted by atomic mass is 10.3. The van der Waals surface area contributed by atoms with Gasteiger partial charge in [-0.15, -0.1) is 11.3 Å². The molecule has 0 spiro atoms. The van der Waals surface area contributed by atoms with Crippen LogP contribution in [0.2, 0.25) is 0 Å². The second-order valence-electron chi connectivity index (χ2n) is 4.25. The monoisotopic (exact) mass is 285 g/mol. The van der Waals surface area contributed by atoms with Gasteiger partial charge >= 0.3 is 12.0 Å². The van der Waals surface area contributed by atoms with Crippen LogP contribution in [0.1, 0.15) is 36.2 Å². The molecule has 1 aromatic rings. The van der Waals surface area contributed by atoms with E-state index in [-0.39, 0.29) is 25.0 Å². The van der Waals surface area contributed by atoms with E-state index in [4.69, 9.17) is 5.11 Å². The number of carbonyl (C=O) groups is 2. The van der Waals surface area contributed by atoms with Crippen molar-refractivity contribution in [3.8, 4) is 0 Å². The number of nitrogens with zero attached hydrogens (tertiary/aromatic N) is 2. The van der Waals surface area contributed by atoms with E-state index in [2.05, 4.69) is 17.2 Å². The van der Waals surface area contributed by atoms with E-state index in [9.17, 15) is 9.59 Å². The van der Waals surface area contributed by atoms with E-state index in [0.29, 0.717) is 0 Å². The summed E-state index contributed by atoms with van der Waals surface area (Å²) in [7, 11) is 1.57. The molecule has 1 rings (SSSR count). The first-order valence-electron chi connectivity index (χ1n) is 6.12. The molecule has 0 bridgehead atoms. The average Bonchev–Trinajstić information content (AvgIpc) is 2.84. The first-order chi connectivity index (χ1) is 8.93. The molecule has 6 nitrogen and oxygen atoms in total. The molecule has 106 valence electrons. The molecule has 1 heterocycles. The number of rotatable bonds is 6. The van der Waals surface area contributed by atoms with Crippen LogP contribution in [-0.4, -0.2) is 40.6 Å². The lowest BCUT2D eigenvalue weighted by Gasteiger charge is -2.19. The summed E-state index contributed by atoms with van der Waals surface area (Å²) < 4.78 is 0. The summed E-state index contributed by atoms with van der Waals surface area (Å²) in [4.78, 5) is 29.1. The van der Waals surface area contributed by atoms with E-state index in [1.807, 2.05) is 13.1 Å². The molecule has 0 saturated heterocycles. The number of carboxylic acids is 1. The van der Waals surface area contributed by atoms with Gasteiger partial charge in [-0.2, -0.15) is 0 Å². The number of aliphatic carboxylic acids is 1. The number of amides is 2. The number of thiazole rings is 1. The molecule has 0 aliphatic heterocycles. The fourth-order valence-electron chi connectivity index (χ4n) is 1.41. The first kappa shape index (κ1) is 15.4. The SMILES string of the molecule is CCc1cnc(C(C)NC(=O)N(C)CCC(=O)O)s1. The minimum atomic E-state index is -0.916. The van der Waals surface area contributed by atoms with Gasteiger partial charge in [0.2, 0.25) is 0 Å². The summed E-state index contributed by atoms with van der Waals surface area (Å²) in [6.45, 7) is 4.10. The molecule has 7 heteroatoms. The van der Waals surface area contributed by atoms with Crippen molar-refractivity contribution in [2.75, 3.05) is 13.6 Å². The number of carboxylic acid groups (broad SMARTS) is 1. The Bertz CT molecular complexity index is 447. The third-order valence-electron chi connectivity index (χ3n) is 2.64. The van der Waals surface area contributed by atoms with Crippen LogP contribution in [0.15, 0.2) is 6.20 Å². The number of aromatic nitrogens is 1. The van der Waals surface area contributed by atoms with Gasteiger partial charge < -0.3 is 15.3 Å². The van der Waals surface area contributed by atoms with Crippen LogP contribution >= 0.6 is 11.3 Å². The highest BCUT2D eigenvalue weighted by Gasteiger charge is 2.16. The van der Waals surface area contributed by atoms with Crippen LogP contribution in [0.3, 0.4) is 0 Å². The number of urea groups is 1. The molecule has 2 amide bonds. The van der Waals surface area contributed by atoms with Gasteiger partial charge in [-0.05, 0) is 13.3 Å². The Labute approximate surface area is 116 Å². The summed E-state index contributed by atoms with van der Waals surface area (Å²) in [5, 5.41) is 12.2. The van der Waals surface area contributed by atoms with E-state index in [1.54, 1.807) is 18.4 Å². The molecule has 0 aliphatic rings. The maximum atomic E-state index is 11.8. The Morgan fingerprint density at radius 1 is 1.58 bits per heavy atom. The third-order valence-corrected chi connectivity index (χ3v) is 3.96. The van der Waals surface area contributed by atoms with Crippen LogP contribution in [0.5, 0.6) is 0 Å². The van der Waals surface area contributed by atoms with Crippen molar-refractivity contribution in [2.24, 2.45) is 0 Å². The third kappa shape index (κ3) is 4.86. The zero-order valence-electron chi connectivity index (χ0n) is 11.3. The van der Waals surface area contributed by atoms with Gasteiger partial charge in [-0.1, -0.05) is 6.92 Å². The molecule has 0 saturated carbocycles. The van der Waals surface area contributed by atoms with Crippen LogP contribution in [0.4, 0.5) is 4.79 Å². The molecule has 0 aromatic carbocycles. The van der Waals surface area contributed by atoms with Crippen molar-refractivity contribution in [1.82, 2.24) is 15.2 Å². The minimum absolute atomic E-state index is 0.0600. The number of nitrogens with one attached hydrogen (secondary N) is 1. The van der Waals surface area contributed by atoms with E-state index in [1.165, 1.54) is 9.78 Å². The fraction of sp³-hybridized carbons (Fsp3) is 0.583. The predicted molar refractivity (Wildman–Crippen MR) is 73.3 cm³/mol. The summed E-state index contributed by atoms with van der Waals surface area (Å²) in [6.07, 6.45) is 2.68. The van der Waals surface area contributed by atoms with E-state index >= 15 is 0 Å². The van der Waals surface area contributed by atoms with Gasteiger partial charge in [-0.25, -0.2) is 9.78 Å². The second kappa shape index (κ2) is 7.08. The van der Waals surface area contributed by atoms with Crippen LogP contribution < -0.4 is 5.32 Å². The zero-order chi connectivity index (χ0) is 14.4. The van der Waals surface area contributed by atoms with Crippen molar-refractivity contribution in [2.45, 2.75) is 32.7 Å². The Morgan fingerprint density at radius 3 is 2.79 bits per heavy atom.